The molecule has 2 rings (SSSR count). The standard InChI is InChI=1S/C9H7N.C2H7N/c1-2-6-9-8(4-1)5-3-7-10-9;1-2-3/h1-7H;2-3H2,1H3. The molecule has 0 radical (unpaired) electrons. The van der Waals surface area contributed by atoms with Gasteiger partial charge in [-0.25, -0.2) is 0 Å². The first-order chi connectivity index (χ1) is 6.38. The molecule has 1 heterocycles. The maximum Gasteiger partial charge on any atom is 0.0701 e. The summed E-state index contributed by atoms with van der Waals surface area (Å²) in [4.78, 5) is 4.18. The third-order valence-corrected chi connectivity index (χ3v) is 1.51. The molecule has 0 aliphatic heterocycles. The highest BCUT2D eigenvalue weighted by atomic mass is 14.6. The van der Waals surface area contributed by atoms with Gasteiger partial charge >= 0.3 is 0 Å². The maximum absolute atomic E-state index is 4.85. The first-order valence-corrected chi connectivity index (χ1v) is 4.38. The molecule has 0 fully saturated rings. The third kappa shape index (κ3) is 2.84. The van der Waals surface area contributed by atoms with Crippen LogP contribution < -0.4 is 5.73 Å². The predicted molar refractivity (Wildman–Crippen MR) is 56.5 cm³/mol. The number of fused-ring (bicyclic) bond motifs is 1. The third-order valence-electron chi connectivity index (χ3n) is 1.51. The van der Waals surface area contributed by atoms with Crippen LogP contribution in [-0.2, 0) is 0 Å². The fraction of sp³-hybridized carbons (Fsp3) is 0.182. The second-order valence-corrected chi connectivity index (χ2v) is 2.60. The van der Waals surface area contributed by atoms with Crippen LogP contribution in [0.3, 0.4) is 0 Å². The van der Waals surface area contributed by atoms with Gasteiger partial charge in [-0.3, -0.25) is 4.98 Å². The summed E-state index contributed by atoms with van der Waals surface area (Å²) in [7, 11) is 0. The first kappa shape index (κ1) is 9.68. The van der Waals surface area contributed by atoms with E-state index < -0.39 is 0 Å². The van der Waals surface area contributed by atoms with Crippen LogP contribution in [0.5, 0.6) is 0 Å². The molecule has 0 spiro atoms. The van der Waals surface area contributed by atoms with E-state index in [0.29, 0.717) is 0 Å². The van der Waals surface area contributed by atoms with E-state index in [1.54, 1.807) is 0 Å². The number of benzene rings is 1. The molecular weight excluding hydrogens is 160 g/mol. The van der Waals surface area contributed by atoms with Crippen molar-refractivity contribution in [3.63, 3.8) is 0 Å². The summed E-state index contributed by atoms with van der Waals surface area (Å²) in [5.41, 5.74) is 5.91. The lowest BCUT2D eigenvalue weighted by molar-refractivity contribution is 1.14. The Morgan fingerprint density at radius 1 is 1.15 bits per heavy atom. The molecule has 0 saturated carbocycles. The van der Waals surface area contributed by atoms with E-state index in [9.17, 15) is 0 Å². The van der Waals surface area contributed by atoms with Crippen LogP contribution in [0.1, 0.15) is 6.92 Å². The first-order valence-electron chi connectivity index (χ1n) is 4.38. The van der Waals surface area contributed by atoms with Crippen molar-refractivity contribution < 1.29 is 0 Å². The highest BCUT2D eigenvalue weighted by molar-refractivity contribution is 5.77. The number of rotatable bonds is 0. The lowest BCUT2D eigenvalue weighted by Crippen LogP contribution is -1.87. The summed E-state index contributed by atoms with van der Waals surface area (Å²) in [5, 5.41) is 1.20. The van der Waals surface area contributed by atoms with Crippen molar-refractivity contribution in [1.29, 1.82) is 0 Å². The lowest BCUT2D eigenvalue weighted by atomic mass is 10.2. The largest absolute Gasteiger partial charge is 0.331 e. The molecule has 68 valence electrons. The van der Waals surface area contributed by atoms with Crippen LogP contribution in [0.25, 0.3) is 10.9 Å². The average molecular weight is 174 g/mol. The Bertz CT molecular complexity index is 292. The van der Waals surface area contributed by atoms with Crippen LogP contribution >= 0.6 is 0 Å². The fourth-order valence-electron chi connectivity index (χ4n) is 1.02. The van der Waals surface area contributed by atoms with Gasteiger partial charge in [-0.05, 0) is 18.7 Å². The van der Waals surface area contributed by atoms with Crippen molar-refractivity contribution in [2.45, 2.75) is 6.92 Å². The highest BCUT2D eigenvalue weighted by Gasteiger charge is 1.86. The van der Waals surface area contributed by atoms with Gasteiger partial charge < -0.3 is 5.73 Å². The lowest BCUT2D eigenvalue weighted by Gasteiger charge is -1.91. The molecule has 0 saturated heterocycles. The summed E-state index contributed by atoms with van der Waals surface area (Å²) < 4.78 is 0. The summed E-state index contributed by atoms with van der Waals surface area (Å²) in [6, 6.07) is 12.1. The molecule has 0 aliphatic carbocycles. The fourth-order valence-corrected chi connectivity index (χ4v) is 1.02. The number of aromatic nitrogens is 1. The number of pyridine rings is 1. The Labute approximate surface area is 78.4 Å². The van der Waals surface area contributed by atoms with Crippen molar-refractivity contribution in [3.8, 4) is 0 Å². The van der Waals surface area contributed by atoms with Crippen LogP contribution in [0, 0.1) is 0 Å². The zero-order valence-corrected chi connectivity index (χ0v) is 7.77. The minimum absolute atomic E-state index is 0.750. The monoisotopic (exact) mass is 174 g/mol. The van der Waals surface area contributed by atoms with Gasteiger partial charge in [0.2, 0.25) is 0 Å². The summed E-state index contributed by atoms with van der Waals surface area (Å²) in [6.07, 6.45) is 1.81. The molecule has 2 N–H and O–H groups in total. The Morgan fingerprint density at radius 3 is 2.46 bits per heavy atom. The van der Waals surface area contributed by atoms with Gasteiger partial charge in [-0.2, -0.15) is 0 Å². The Kier molecular flexibility index (Phi) is 3.93. The van der Waals surface area contributed by atoms with E-state index in [0.717, 1.165) is 12.1 Å². The smallest absolute Gasteiger partial charge is 0.0701 e. The second kappa shape index (κ2) is 5.27. The number of hydrogen-bond acceptors (Lipinski definition) is 2. The zero-order chi connectivity index (χ0) is 9.52. The van der Waals surface area contributed by atoms with E-state index >= 15 is 0 Å². The SMILES string of the molecule is CCN.c1ccc2ncccc2c1. The molecule has 2 aromatic rings. The molecule has 13 heavy (non-hydrogen) atoms. The van der Waals surface area contributed by atoms with Gasteiger partial charge in [0.05, 0.1) is 5.52 Å². The van der Waals surface area contributed by atoms with Crippen LogP contribution in [0.4, 0.5) is 0 Å². The van der Waals surface area contributed by atoms with E-state index in [-0.39, 0.29) is 0 Å². The number of para-hydroxylation sites is 1. The molecule has 0 aliphatic rings. The van der Waals surface area contributed by atoms with E-state index in [1.807, 2.05) is 37.4 Å². The van der Waals surface area contributed by atoms with Gasteiger partial charge in [0.15, 0.2) is 0 Å². The zero-order valence-electron chi connectivity index (χ0n) is 7.77. The average Bonchev–Trinajstić information content (AvgIpc) is 2.19. The Hall–Kier alpha value is -1.41. The quantitative estimate of drug-likeness (QED) is 0.665. The second-order valence-electron chi connectivity index (χ2n) is 2.60. The molecule has 2 heteroatoms. The molecule has 2 nitrogen and oxygen atoms in total. The van der Waals surface area contributed by atoms with Gasteiger partial charge in [-0.1, -0.05) is 31.2 Å². The van der Waals surface area contributed by atoms with Crippen LogP contribution in [0.15, 0.2) is 42.6 Å². The molecule has 1 aromatic carbocycles. The van der Waals surface area contributed by atoms with Gasteiger partial charge in [-0.15, -0.1) is 0 Å². The van der Waals surface area contributed by atoms with Crippen LogP contribution in [-0.4, -0.2) is 11.5 Å². The van der Waals surface area contributed by atoms with Crippen molar-refractivity contribution >= 4 is 10.9 Å². The molecule has 1 aromatic heterocycles. The molecule has 0 atom stereocenters. The minimum atomic E-state index is 0.750. The molecular formula is C11H14N2. The van der Waals surface area contributed by atoms with E-state index in [1.165, 1.54) is 5.39 Å². The summed E-state index contributed by atoms with van der Waals surface area (Å²) in [6.45, 7) is 2.65. The normalized spacial score (nSPS) is 9.08. The van der Waals surface area contributed by atoms with Gasteiger partial charge in [0.1, 0.15) is 0 Å². The van der Waals surface area contributed by atoms with Crippen molar-refractivity contribution in [2.24, 2.45) is 5.73 Å². The van der Waals surface area contributed by atoms with Crippen molar-refractivity contribution in [2.75, 3.05) is 6.54 Å². The number of nitrogens with zero attached hydrogens (tertiary/aromatic N) is 1. The van der Waals surface area contributed by atoms with Gasteiger partial charge in [0.25, 0.3) is 0 Å². The van der Waals surface area contributed by atoms with E-state index in [2.05, 4.69) is 17.1 Å². The molecule has 0 unspecified atom stereocenters. The summed E-state index contributed by atoms with van der Waals surface area (Å²) in [5.74, 6) is 0. The molecule has 0 amide bonds. The van der Waals surface area contributed by atoms with Crippen molar-refractivity contribution in [3.05, 3.63) is 42.6 Å². The van der Waals surface area contributed by atoms with E-state index in [4.69, 9.17) is 5.73 Å². The summed E-state index contributed by atoms with van der Waals surface area (Å²) >= 11 is 0. The maximum atomic E-state index is 4.85. The van der Waals surface area contributed by atoms with Crippen molar-refractivity contribution in [1.82, 2.24) is 4.98 Å². The Morgan fingerprint density at radius 2 is 1.77 bits per heavy atom. The minimum Gasteiger partial charge on any atom is -0.331 e. The Balaban J connectivity index is 0.000000251. The number of hydrogen-bond donors (Lipinski definition) is 1. The predicted octanol–water partition coefficient (Wildman–Crippen LogP) is 2.20. The topological polar surface area (TPSA) is 38.9 Å². The number of nitrogens with two attached hydrogens (primary N) is 1. The van der Waals surface area contributed by atoms with Crippen LogP contribution in [0.2, 0.25) is 0 Å². The van der Waals surface area contributed by atoms with Gasteiger partial charge in [0, 0.05) is 11.6 Å². The highest BCUT2D eigenvalue weighted by Crippen LogP contribution is 2.07. The molecule has 0 bridgehead atoms.